The number of aryl methyl sites for hydroxylation is 1. The van der Waals surface area contributed by atoms with Crippen molar-refractivity contribution < 1.29 is 9.53 Å². The highest BCUT2D eigenvalue weighted by Gasteiger charge is 2.29. The summed E-state index contributed by atoms with van der Waals surface area (Å²) < 4.78 is 5.94. The van der Waals surface area contributed by atoms with Crippen LogP contribution in [0, 0.1) is 0 Å². The van der Waals surface area contributed by atoms with Gasteiger partial charge in [-0.15, -0.1) is 0 Å². The summed E-state index contributed by atoms with van der Waals surface area (Å²) >= 11 is 6.19. The zero-order chi connectivity index (χ0) is 17.4. The van der Waals surface area contributed by atoms with Crippen molar-refractivity contribution in [3.63, 3.8) is 0 Å². The summed E-state index contributed by atoms with van der Waals surface area (Å²) in [5.41, 5.74) is 5.59. The number of hydrogen-bond donors (Lipinski definition) is 0. The lowest BCUT2D eigenvalue weighted by atomic mass is 9.91. The number of carbonyl (C=O) groups is 1. The maximum atomic E-state index is 11.9. The second-order valence-electron chi connectivity index (χ2n) is 6.57. The van der Waals surface area contributed by atoms with E-state index in [-0.39, 0.29) is 5.78 Å². The van der Waals surface area contributed by atoms with Gasteiger partial charge in [-0.05, 0) is 49.6 Å². The molecule has 2 aliphatic rings. The zero-order valence-corrected chi connectivity index (χ0v) is 15.0. The van der Waals surface area contributed by atoms with Gasteiger partial charge in [0.25, 0.3) is 0 Å². The van der Waals surface area contributed by atoms with Crippen LogP contribution in [-0.2, 0) is 17.8 Å². The van der Waals surface area contributed by atoms with Crippen LogP contribution in [0.25, 0.3) is 0 Å². The quantitative estimate of drug-likeness (QED) is 0.784. The molecular weight excluding hydrogens is 334 g/mol. The third-order valence-corrected chi connectivity index (χ3v) is 5.43. The first-order valence-electron chi connectivity index (χ1n) is 8.63. The van der Waals surface area contributed by atoms with Gasteiger partial charge in [-0.25, -0.2) is 0 Å². The lowest BCUT2D eigenvalue weighted by Gasteiger charge is -2.37. The number of benzene rings is 2. The summed E-state index contributed by atoms with van der Waals surface area (Å²) in [4.78, 5) is 14.2. The van der Waals surface area contributed by atoms with E-state index in [9.17, 15) is 4.79 Å². The van der Waals surface area contributed by atoms with Crippen LogP contribution < -0.4 is 9.64 Å². The Balaban J connectivity index is 1.56. The Bertz CT molecular complexity index is 872. The van der Waals surface area contributed by atoms with E-state index >= 15 is 0 Å². The number of nitrogens with zero attached hydrogens (tertiary/aromatic N) is 1. The molecule has 0 fully saturated rings. The fraction of sp³-hybridized carbons (Fsp3) is 0.286. The Morgan fingerprint density at radius 3 is 2.80 bits per heavy atom. The first-order chi connectivity index (χ1) is 12.1. The minimum Gasteiger partial charge on any atom is -0.489 e. The van der Waals surface area contributed by atoms with E-state index in [2.05, 4.69) is 17.0 Å². The molecule has 0 saturated carbocycles. The minimum absolute atomic E-state index is 0.286. The zero-order valence-electron chi connectivity index (χ0n) is 14.2. The van der Waals surface area contributed by atoms with E-state index in [1.54, 1.807) is 0 Å². The number of ketones is 1. The van der Waals surface area contributed by atoms with Gasteiger partial charge in [0.15, 0.2) is 5.78 Å². The molecule has 25 heavy (non-hydrogen) atoms. The van der Waals surface area contributed by atoms with Gasteiger partial charge in [0.05, 0.1) is 0 Å². The highest BCUT2D eigenvalue weighted by Crippen LogP contribution is 2.38. The summed E-state index contributed by atoms with van der Waals surface area (Å²) in [6, 6.07) is 14.0. The van der Waals surface area contributed by atoms with Gasteiger partial charge in [0.2, 0.25) is 0 Å². The maximum Gasteiger partial charge on any atom is 0.162 e. The normalized spacial score (nSPS) is 16.6. The lowest BCUT2D eigenvalue weighted by molar-refractivity contribution is -0.115. The predicted molar refractivity (Wildman–Crippen MR) is 100 cm³/mol. The number of ether oxygens (including phenoxy) is 1. The van der Waals surface area contributed by atoms with Crippen molar-refractivity contribution in [2.45, 2.75) is 32.8 Å². The Hall–Kier alpha value is -2.26. The van der Waals surface area contributed by atoms with Crippen molar-refractivity contribution in [3.05, 3.63) is 69.9 Å². The number of carbonyl (C=O) groups excluding carboxylic acids is 1. The van der Waals surface area contributed by atoms with Crippen LogP contribution in [0.2, 0.25) is 5.02 Å². The first kappa shape index (κ1) is 16.2. The third kappa shape index (κ3) is 3.05. The molecule has 4 rings (SSSR count). The molecule has 0 atom stereocenters. The van der Waals surface area contributed by atoms with Crippen molar-refractivity contribution >= 4 is 23.1 Å². The van der Waals surface area contributed by atoms with Crippen LogP contribution in [-0.4, -0.2) is 12.3 Å². The number of halogens is 1. The molecule has 2 aromatic carbocycles. The second-order valence-corrected chi connectivity index (χ2v) is 6.97. The summed E-state index contributed by atoms with van der Waals surface area (Å²) in [7, 11) is 0. The molecule has 0 radical (unpaired) electrons. The van der Waals surface area contributed by atoms with Crippen LogP contribution in [0.15, 0.2) is 53.7 Å². The Labute approximate surface area is 152 Å². The second kappa shape index (κ2) is 6.57. The average molecular weight is 354 g/mol. The van der Waals surface area contributed by atoms with E-state index in [0.717, 1.165) is 41.3 Å². The molecule has 0 N–H and O–H groups in total. The smallest absolute Gasteiger partial charge is 0.162 e. The van der Waals surface area contributed by atoms with Gasteiger partial charge in [-0.2, -0.15) is 0 Å². The molecule has 0 saturated heterocycles. The molecule has 0 aliphatic carbocycles. The summed E-state index contributed by atoms with van der Waals surface area (Å²) in [6.07, 6.45) is 2.45. The van der Waals surface area contributed by atoms with Gasteiger partial charge in [0, 0.05) is 40.5 Å². The van der Waals surface area contributed by atoms with E-state index in [1.807, 2.05) is 37.3 Å². The summed E-state index contributed by atoms with van der Waals surface area (Å²) in [5.74, 6) is 1.14. The van der Waals surface area contributed by atoms with Gasteiger partial charge in [-0.1, -0.05) is 29.8 Å². The molecule has 2 aromatic rings. The number of fused-ring (bicyclic) bond motifs is 3. The van der Waals surface area contributed by atoms with E-state index in [4.69, 9.17) is 16.3 Å². The molecule has 2 aliphatic heterocycles. The van der Waals surface area contributed by atoms with Crippen molar-refractivity contribution in [2.24, 2.45) is 0 Å². The highest BCUT2D eigenvalue weighted by molar-refractivity contribution is 6.31. The molecule has 0 bridgehead atoms. The number of allylic oxidation sites excluding steroid dienone is 2. The Kier molecular flexibility index (Phi) is 4.26. The van der Waals surface area contributed by atoms with Crippen molar-refractivity contribution in [1.29, 1.82) is 0 Å². The van der Waals surface area contributed by atoms with Crippen LogP contribution >= 0.6 is 11.6 Å². The molecule has 0 amide bonds. The van der Waals surface area contributed by atoms with E-state index in [1.165, 1.54) is 16.9 Å². The van der Waals surface area contributed by atoms with Crippen molar-refractivity contribution in [1.82, 2.24) is 0 Å². The van der Waals surface area contributed by atoms with Crippen molar-refractivity contribution in [2.75, 3.05) is 11.4 Å². The summed E-state index contributed by atoms with van der Waals surface area (Å²) in [6.45, 7) is 3.19. The van der Waals surface area contributed by atoms with Crippen LogP contribution in [0.4, 0.5) is 5.69 Å². The molecule has 0 unspecified atom stereocenters. The SMILES string of the molecule is CC1=C2CCc3cc(OCc4ccccc4Cl)ccc3N2CCC1=O. The molecule has 0 aromatic heterocycles. The van der Waals surface area contributed by atoms with Crippen molar-refractivity contribution in [3.8, 4) is 5.75 Å². The highest BCUT2D eigenvalue weighted by atomic mass is 35.5. The third-order valence-electron chi connectivity index (χ3n) is 5.06. The first-order valence-corrected chi connectivity index (χ1v) is 9.01. The van der Waals surface area contributed by atoms with E-state index < -0.39 is 0 Å². The fourth-order valence-corrected chi connectivity index (χ4v) is 3.82. The molecule has 4 heteroatoms. The molecule has 3 nitrogen and oxygen atoms in total. The predicted octanol–water partition coefficient (Wildman–Crippen LogP) is 4.92. The molecule has 2 heterocycles. The van der Waals surface area contributed by atoms with E-state index in [0.29, 0.717) is 13.0 Å². The monoisotopic (exact) mass is 353 g/mol. The number of rotatable bonds is 3. The maximum absolute atomic E-state index is 11.9. The number of anilines is 1. The largest absolute Gasteiger partial charge is 0.489 e. The van der Waals surface area contributed by atoms with Crippen LogP contribution in [0.5, 0.6) is 5.75 Å². The molecule has 128 valence electrons. The van der Waals surface area contributed by atoms with Crippen LogP contribution in [0.3, 0.4) is 0 Å². The standard InChI is InChI=1S/C21H20ClNO2/c1-14-19-8-6-15-12-17(25-13-16-4-2-3-5-18(16)22)7-9-20(15)23(19)11-10-21(14)24/h2-5,7,9,12H,6,8,10-11,13H2,1H3. The molecule has 0 spiro atoms. The number of Topliss-reactive ketones (excluding diaryl/α,β-unsaturated/α-hetero) is 1. The van der Waals surface area contributed by atoms with Gasteiger partial charge < -0.3 is 9.64 Å². The van der Waals surface area contributed by atoms with Gasteiger partial charge >= 0.3 is 0 Å². The minimum atomic E-state index is 0.286. The Morgan fingerprint density at radius 1 is 1.12 bits per heavy atom. The Morgan fingerprint density at radius 2 is 1.96 bits per heavy atom. The summed E-state index contributed by atoms with van der Waals surface area (Å²) in [5, 5.41) is 0.726. The van der Waals surface area contributed by atoms with Crippen LogP contribution in [0.1, 0.15) is 30.9 Å². The lowest BCUT2D eigenvalue weighted by Crippen LogP contribution is -2.35. The van der Waals surface area contributed by atoms with Gasteiger partial charge in [-0.3, -0.25) is 4.79 Å². The number of hydrogen-bond acceptors (Lipinski definition) is 3. The molecular formula is C21H20ClNO2. The van der Waals surface area contributed by atoms with Gasteiger partial charge in [0.1, 0.15) is 12.4 Å². The topological polar surface area (TPSA) is 29.5 Å². The average Bonchev–Trinajstić information content (AvgIpc) is 2.63. The fourth-order valence-electron chi connectivity index (χ4n) is 3.63.